The Hall–Kier alpha value is -1.01. The van der Waals surface area contributed by atoms with Crippen LogP contribution < -0.4 is 0 Å². The minimum Gasteiger partial charge on any atom is -0.476 e. The normalized spacial score (nSPS) is 10.9. The number of oxazole rings is 1. The van der Waals surface area contributed by atoms with E-state index in [2.05, 4.69) is 23.7 Å². The van der Waals surface area contributed by atoms with Crippen molar-refractivity contribution in [2.75, 3.05) is 25.4 Å². The molecule has 0 aromatic carbocycles. The van der Waals surface area contributed by atoms with E-state index < -0.39 is 5.97 Å². The van der Waals surface area contributed by atoms with Crippen molar-refractivity contribution >= 4 is 17.7 Å². The lowest BCUT2D eigenvalue weighted by Crippen LogP contribution is -2.25. The minimum absolute atomic E-state index is 0.0367. The zero-order valence-electron chi connectivity index (χ0n) is 9.47. The van der Waals surface area contributed by atoms with Gasteiger partial charge in [0.25, 0.3) is 5.22 Å². The molecule has 0 unspecified atom stereocenters. The quantitative estimate of drug-likeness (QED) is 0.738. The molecule has 6 heteroatoms. The summed E-state index contributed by atoms with van der Waals surface area (Å²) in [6, 6.07) is 0. The van der Waals surface area contributed by atoms with Gasteiger partial charge in [0.05, 0.1) is 0 Å². The molecule has 1 heterocycles. The van der Waals surface area contributed by atoms with Crippen LogP contribution in [0.15, 0.2) is 15.9 Å². The van der Waals surface area contributed by atoms with Gasteiger partial charge in [-0.25, -0.2) is 4.79 Å². The first-order chi connectivity index (χ1) is 7.67. The zero-order chi connectivity index (χ0) is 12.0. The SMILES string of the molecule is CCN(CC)CCSc1nc(C(=O)O)co1. The van der Waals surface area contributed by atoms with E-state index in [-0.39, 0.29) is 5.69 Å². The Bertz CT molecular complexity index is 337. The van der Waals surface area contributed by atoms with Crippen molar-refractivity contribution in [2.24, 2.45) is 0 Å². The lowest BCUT2D eigenvalue weighted by atomic mass is 10.5. The fourth-order valence-corrected chi connectivity index (χ4v) is 2.03. The first-order valence-electron chi connectivity index (χ1n) is 5.21. The van der Waals surface area contributed by atoms with Gasteiger partial charge in [0.2, 0.25) is 0 Å². The van der Waals surface area contributed by atoms with Crippen LogP contribution >= 0.6 is 11.8 Å². The molecule has 1 N–H and O–H groups in total. The van der Waals surface area contributed by atoms with Gasteiger partial charge in [-0.3, -0.25) is 0 Å². The number of hydrogen-bond donors (Lipinski definition) is 1. The first kappa shape index (κ1) is 13.1. The number of thioether (sulfide) groups is 1. The Morgan fingerprint density at radius 3 is 2.75 bits per heavy atom. The topological polar surface area (TPSA) is 66.6 Å². The molecule has 16 heavy (non-hydrogen) atoms. The van der Waals surface area contributed by atoms with Crippen LogP contribution in [0.3, 0.4) is 0 Å². The number of carboxylic acids is 1. The molecular formula is C10H16N2O3S. The van der Waals surface area contributed by atoms with Crippen molar-refractivity contribution in [3.05, 3.63) is 12.0 Å². The number of carbonyl (C=O) groups is 1. The molecule has 0 saturated carbocycles. The van der Waals surface area contributed by atoms with Crippen LogP contribution in [0.25, 0.3) is 0 Å². The Morgan fingerprint density at radius 2 is 2.25 bits per heavy atom. The number of aromatic nitrogens is 1. The Balaban J connectivity index is 2.34. The van der Waals surface area contributed by atoms with Crippen LogP contribution in [0.4, 0.5) is 0 Å². The van der Waals surface area contributed by atoms with E-state index in [1.807, 2.05) is 0 Å². The summed E-state index contributed by atoms with van der Waals surface area (Å²) in [6.45, 7) is 7.21. The monoisotopic (exact) mass is 244 g/mol. The summed E-state index contributed by atoms with van der Waals surface area (Å²) in [5.74, 6) is -0.208. The van der Waals surface area contributed by atoms with Gasteiger partial charge >= 0.3 is 5.97 Å². The van der Waals surface area contributed by atoms with Crippen molar-refractivity contribution in [1.29, 1.82) is 0 Å². The van der Waals surface area contributed by atoms with Crippen LogP contribution in [0.2, 0.25) is 0 Å². The van der Waals surface area contributed by atoms with E-state index in [9.17, 15) is 4.79 Å². The number of rotatable bonds is 7. The van der Waals surface area contributed by atoms with Crippen molar-refractivity contribution in [2.45, 2.75) is 19.1 Å². The molecule has 0 saturated heterocycles. The average Bonchev–Trinajstić information content (AvgIpc) is 2.73. The van der Waals surface area contributed by atoms with Crippen LogP contribution in [0.1, 0.15) is 24.3 Å². The van der Waals surface area contributed by atoms with Gasteiger partial charge in [0.15, 0.2) is 5.69 Å². The average molecular weight is 244 g/mol. The summed E-state index contributed by atoms with van der Waals surface area (Å²) in [5.41, 5.74) is -0.0367. The van der Waals surface area contributed by atoms with E-state index >= 15 is 0 Å². The molecule has 1 aromatic rings. The van der Waals surface area contributed by atoms with Crippen molar-refractivity contribution in [3.8, 4) is 0 Å². The lowest BCUT2D eigenvalue weighted by molar-refractivity contribution is 0.0690. The van der Waals surface area contributed by atoms with Gasteiger partial charge in [0, 0.05) is 12.3 Å². The van der Waals surface area contributed by atoms with Gasteiger partial charge in [-0.05, 0) is 13.1 Å². The Kier molecular flexibility index (Phi) is 5.34. The van der Waals surface area contributed by atoms with Gasteiger partial charge in [-0.1, -0.05) is 25.6 Å². The maximum Gasteiger partial charge on any atom is 0.357 e. The van der Waals surface area contributed by atoms with Crippen LogP contribution in [0, 0.1) is 0 Å². The van der Waals surface area contributed by atoms with Crippen LogP contribution in [-0.2, 0) is 0 Å². The lowest BCUT2D eigenvalue weighted by Gasteiger charge is -2.16. The molecular weight excluding hydrogens is 228 g/mol. The predicted molar refractivity (Wildman–Crippen MR) is 62.0 cm³/mol. The van der Waals surface area contributed by atoms with Gasteiger partial charge in [0.1, 0.15) is 6.26 Å². The molecule has 90 valence electrons. The fraction of sp³-hybridized carbons (Fsp3) is 0.600. The summed E-state index contributed by atoms with van der Waals surface area (Å²) < 4.78 is 5.03. The second-order valence-corrected chi connectivity index (χ2v) is 4.23. The largest absolute Gasteiger partial charge is 0.476 e. The maximum atomic E-state index is 10.5. The van der Waals surface area contributed by atoms with E-state index in [4.69, 9.17) is 9.52 Å². The van der Waals surface area contributed by atoms with E-state index in [1.165, 1.54) is 18.0 Å². The number of carboxylic acid groups (broad SMARTS) is 1. The summed E-state index contributed by atoms with van der Waals surface area (Å²) in [4.78, 5) is 16.7. The third-order valence-corrected chi connectivity index (χ3v) is 3.05. The predicted octanol–water partition coefficient (Wildman–Crippen LogP) is 1.81. The second-order valence-electron chi connectivity index (χ2n) is 3.18. The third kappa shape index (κ3) is 3.86. The molecule has 0 fully saturated rings. The number of nitrogens with zero attached hydrogens (tertiary/aromatic N) is 2. The molecule has 0 bridgehead atoms. The van der Waals surface area contributed by atoms with Crippen molar-refractivity contribution in [3.63, 3.8) is 0 Å². The highest BCUT2D eigenvalue weighted by molar-refractivity contribution is 7.99. The summed E-state index contributed by atoms with van der Waals surface area (Å²) >= 11 is 1.43. The van der Waals surface area contributed by atoms with Crippen LogP contribution in [0.5, 0.6) is 0 Å². The van der Waals surface area contributed by atoms with E-state index in [0.29, 0.717) is 5.22 Å². The molecule has 1 rings (SSSR count). The highest BCUT2D eigenvalue weighted by Gasteiger charge is 2.10. The second kappa shape index (κ2) is 6.55. The molecule has 0 amide bonds. The molecule has 0 spiro atoms. The molecule has 0 aliphatic heterocycles. The molecule has 0 aliphatic rings. The first-order valence-corrected chi connectivity index (χ1v) is 6.19. The van der Waals surface area contributed by atoms with Crippen molar-refractivity contribution in [1.82, 2.24) is 9.88 Å². The van der Waals surface area contributed by atoms with Gasteiger partial charge in [-0.15, -0.1) is 0 Å². The van der Waals surface area contributed by atoms with E-state index in [0.717, 1.165) is 25.4 Å². The third-order valence-electron chi connectivity index (χ3n) is 2.23. The number of aromatic carboxylic acids is 1. The molecule has 0 radical (unpaired) electrons. The summed E-state index contributed by atoms with van der Waals surface area (Å²) in [7, 11) is 0. The summed E-state index contributed by atoms with van der Waals surface area (Å²) in [6.07, 6.45) is 1.17. The summed E-state index contributed by atoms with van der Waals surface area (Å²) in [5, 5.41) is 9.07. The highest BCUT2D eigenvalue weighted by atomic mass is 32.2. The fourth-order valence-electron chi connectivity index (χ4n) is 1.22. The van der Waals surface area contributed by atoms with Crippen molar-refractivity contribution < 1.29 is 14.3 Å². The highest BCUT2D eigenvalue weighted by Crippen LogP contribution is 2.16. The molecule has 0 aliphatic carbocycles. The van der Waals surface area contributed by atoms with Crippen LogP contribution in [-0.4, -0.2) is 46.3 Å². The van der Waals surface area contributed by atoms with E-state index in [1.54, 1.807) is 0 Å². The molecule has 0 atom stereocenters. The smallest absolute Gasteiger partial charge is 0.357 e. The zero-order valence-corrected chi connectivity index (χ0v) is 10.3. The number of hydrogen-bond acceptors (Lipinski definition) is 5. The Morgan fingerprint density at radius 1 is 1.56 bits per heavy atom. The molecule has 5 nitrogen and oxygen atoms in total. The van der Waals surface area contributed by atoms with Gasteiger partial charge in [-0.2, -0.15) is 4.98 Å². The standard InChI is InChI=1S/C10H16N2O3S/c1-3-12(4-2)5-6-16-10-11-8(7-15-10)9(13)14/h7H,3-6H2,1-2H3,(H,13,14). The van der Waals surface area contributed by atoms with Gasteiger partial charge < -0.3 is 14.4 Å². The Labute approximate surface area is 98.8 Å². The molecule has 1 aromatic heterocycles. The minimum atomic E-state index is -1.06. The maximum absolute atomic E-state index is 10.5.